The van der Waals surface area contributed by atoms with Gasteiger partial charge < -0.3 is 5.11 Å². The smallest absolute Gasteiger partial charge is 0.313 e. The molecule has 1 N–H and O–H groups in total. The first-order valence-corrected chi connectivity index (χ1v) is 4.41. The molecule has 1 unspecified atom stereocenters. The zero-order chi connectivity index (χ0) is 10.8. The average Bonchev–Trinajstić information content (AvgIpc) is 2.02. The predicted octanol–water partition coefficient (Wildman–Crippen LogP) is 1.69. The van der Waals surface area contributed by atoms with Crippen LogP contribution < -0.4 is 0 Å². The van der Waals surface area contributed by atoms with Gasteiger partial charge in [0.05, 0.1) is 5.69 Å². The summed E-state index contributed by atoms with van der Waals surface area (Å²) in [4.78, 5) is 18.8. The van der Waals surface area contributed by atoms with Gasteiger partial charge in [-0.1, -0.05) is 20.8 Å². The van der Waals surface area contributed by atoms with Gasteiger partial charge in [0.1, 0.15) is 12.2 Å². The third-order valence-electron chi connectivity index (χ3n) is 2.01. The summed E-state index contributed by atoms with van der Waals surface area (Å²) in [5, 5.41) is 9.10. The number of aromatic nitrogens is 2. The second kappa shape index (κ2) is 3.74. The Labute approximate surface area is 83.0 Å². The summed E-state index contributed by atoms with van der Waals surface area (Å²) in [6, 6.07) is 1.64. The summed E-state index contributed by atoms with van der Waals surface area (Å²) < 4.78 is 0. The molecule has 0 aliphatic rings. The maximum atomic E-state index is 11.1. The molecule has 0 aliphatic heterocycles. The van der Waals surface area contributed by atoms with Gasteiger partial charge in [0, 0.05) is 6.20 Å². The quantitative estimate of drug-likeness (QED) is 0.778. The molecule has 14 heavy (non-hydrogen) atoms. The standard InChI is InChI=1S/C10H14N2O2/c1-10(2,3)8(9(13)14)7-4-5-11-6-12-7/h4-6,8H,1-3H3,(H,13,14). The number of carboxylic acid groups (broad SMARTS) is 1. The van der Waals surface area contributed by atoms with Crippen molar-refractivity contribution in [2.75, 3.05) is 0 Å². The molecule has 4 nitrogen and oxygen atoms in total. The van der Waals surface area contributed by atoms with Crippen molar-refractivity contribution >= 4 is 5.97 Å². The number of hydrogen-bond acceptors (Lipinski definition) is 3. The van der Waals surface area contributed by atoms with Gasteiger partial charge in [-0.2, -0.15) is 0 Å². The van der Waals surface area contributed by atoms with Crippen molar-refractivity contribution in [1.29, 1.82) is 0 Å². The van der Waals surface area contributed by atoms with Gasteiger partial charge in [0.15, 0.2) is 0 Å². The minimum absolute atomic E-state index is 0.347. The van der Waals surface area contributed by atoms with Crippen molar-refractivity contribution in [2.45, 2.75) is 26.7 Å². The van der Waals surface area contributed by atoms with E-state index in [2.05, 4.69) is 9.97 Å². The maximum absolute atomic E-state index is 11.1. The summed E-state index contributed by atoms with van der Waals surface area (Å²) in [6.45, 7) is 5.65. The number of rotatable bonds is 2. The van der Waals surface area contributed by atoms with Gasteiger partial charge in [0.25, 0.3) is 0 Å². The van der Waals surface area contributed by atoms with E-state index < -0.39 is 11.9 Å². The van der Waals surface area contributed by atoms with Gasteiger partial charge in [-0.3, -0.25) is 4.79 Å². The molecule has 0 bridgehead atoms. The van der Waals surface area contributed by atoms with Crippen molar-refractivity contribution < 1.29 is 9.90 Å². The molecule has 0 saturated heterocycles. The monoisotopic (exact) mass is 194 g/mol. The molecule has 0 fully saturated rings. The summed E-state index contributed by atoms with van der Waals surface area (Å²) >= 11 is 0. The highest BCUT2D eigenvalue weighted by atomic mass is 16.4. The Morgan fingerprint density at radius 2 is 2.14 bits per heavy atom. The minimum atomic E-state index is -0.851. The highest BCUT2D eigenvalue weighted by Crippen LogP contribution is 2.33. The normalized spacial score (nSPS) is 13.6. The third-order valence-corrected chi connectivity index (χ3v) is 2.01. The van der Waals surface area contributed by atoms with E-state index in [9.17, 15) is 4.79 Å². The van der Waals surface area contributed by atoms with Gasteiger partial charge in [-0.05, 0) is 11.5 Å². The second-order valence-corrected chi connectivity index (χ2v) is 4.27. The van der Waals surface area contributed by atoms with E-state index in [0.29, 0.717) is 5.69 Å². The molecule has 1 heterocycles. The van der Waals surface area contributed by atoms with Crippen molar-refractivity contribution in [3.63, 3.8) is 0 Å². The fourth-order valence-corrected chi connectivity index (χ4v) is 1.41. The second-order valence-electron chi connectivity index (χ2n) is 4.27. The Kier molecular flexibility index (Phi) is 2.84. The minimum Gasteiger partial charge on any atom is -0.481 e. The van der Waals surface area contributed by atoms with E-state index in [1.54, 1.807) is 12.3 Å². The van der Waals surface area contributed by atoms with E-state index in [1.807, 2.05) is 20.8 Å². The first-order valence-electron chi connectivity index (χ1n) is 4.41. The number of carbonyl (C=O) groups is 1. The third kappa shape index (κ3) is 2.28. The predicted molar refractivity (Wildman–Crippen MR) is 51.9 cm³/mol. The van der Waals surface area contributed by atoms with Crippen LogP contribution in [0, 0.1) is 5.41 Å². The lowest BCUT2D eigenvalue weighted by Crippen LogP contribution is -2.27. The van der Waals surface area contributed by atoms with Crippen LogP contribution in [0.3, 0.4) is 0 Å². The van der Waals surface area contributed by atoms with Gasteiger partial charge in [-0.15, -0.1) is 0 Å². The van der Waals surface area contributed by atoms with Gasteiger partial charge in [0.2, 0.25) is 0 Å². The summed E-state index contributed by atoms with van der Waals surface area (Å²) in [5.74, 6) is -1.44. The van der Waals surface area contributed by atoms with Crippen LogP contribution in [-0.2, 0) is 4.79 Å². The van der Waals surface area contributed by atoms with Crippen molar-refractivity contribution in [2.24, 2.45) is 5.41 Å². The Hall–Kier alpha value is -1.45. The number of hydrogen-bond donors (Lipinski definition) is 1. The molecule has 1 aromatic rings. The average molecular weight is 194 g/mol. The lowest BCUT2D eigenvalue weighted by atomic mass is 9.79. The molecule has 0 aromatic carbocycles. The molecule has 0 spiro atoms. The summed E-state index contributed by atoms with van der Waals surface area (Å²) in [7, 11) is 0. The summed E-state index contributed by atoms with van der Waals surface area (Å²) in [5.41, 5.74) is 0.209. The number of carboxylic acids is 1. The topological polar surface area (TPSA) is 63.1 Å². The molecule has 0 amide bonds. The molecule has 1 aromatic heterocycles. The van der Waals surface area contributed by atoms with Crippen LogP contribution in [0.1, 0.15) is 32.4 Å². The molecule has 0 saturated carbocycles. The van der Waals surface area contributed by atoms with Crippen LogP contribution in [0.2, 0.25) is 0 Å². The zero-order valence-corrected chi connectivity index (χ0v) is 8.56. The summed E-state index contributed by atoms with van der Waals surface area (Å²) in [6.07, 6.45) is 2.93. The molecule has 4 heteroatoms. The van der Waals surface area contributed by atoms with Crippen molar-refractivity contribution in [1.82, 2.24) is 9.97 Å². The van der Waals surface area contributed by atoms with Crippen LogP contribution in [0.15, 0.2) is 18.6 Å². The molecule has 0 aliphatic carbocycles. The SMILES string of the molecule is CC(C)(C)C(C(=O)O)c1ccncn1. The lowest BCUT2D eigenvalue weighted by molar-refractivity contribution is -0.141. The first kappa shape index (κ1) is 10.6. The largest absolute Gasteiger partial charge is 0.481 e. The Bertz CT molecular complexity index is 317. The maximum Gasteiger partial charge on any atom is 0.313 e. The van der Waals surface area contributed by atoms with E-state index >= 15 is 0 Å². The Morgan fingerprint density at radius 3 is 2.50 bits per heavy atom. The molecule has 0 radical (unpaired) electrons. The molecule has 1 rings (SSSR count). The van der Waals surface area contributed by atoms with Crippen LogP contribution in [0.5, 0.6) is 0 Å². The molecule has 1 atom stereocenters. The lowest BCUT2D eigenvalue weighted by Gasteiger charge is -2.26. The highest BCUT2D eigenvalue weighted by molar-refractivity contribution is 5.76. The highest BCUT2D eigenvalue weighted by Gasteiger charge is 2.33. The van der Waals surface area contributed by atoms with Crippen molar-refractivity contribution in [3.8, 4) is 0 Å². The number of nitrogens with zero attached hydrogens (tertiary/aromatic N) is 2. The van der Waals surface area contributed by atoms with Crippen molar-refractivity contribution in [3.05, 3.63) is 24.3 Å². The fraction of sp³-hybridized carbons (Fsp3) is 0.500. The van der Waals surface area contributed by atoms with Crippen LogP contribution in [-0.4, -0.2) is 21.0 Å². The first-order chi connectivity index (χ1) is 6.43. The van der Waals surface area contributed by atoms with E-state index in [1.165, 1.54) is 6.33 Å². The van der Waals surface area contributed by atoms with Crippen LogP contribution in [0.4, 0.5) is 0 Å². The molecular formula is C10H14N2O2. The number of aliphatic carboxylic acids is 1. The van der Waals surface area contributed by atoms with E-state index in [4.69, 9.17) is 5.11 Å². The molecule has 76 valence electrons. The molecular weight excluding hydrogens is 180 g/mol. The van der Waals surface area contributed by atoms with Crippen LogP contribution >= 0.6 is 0 Å². The van der Waals surface area contributed by atoms with E-state index in [-0.39, 0.29) is 5.41 Å². The fourth-order valence-electron chi connectivity index (χ4n) is 1.41. The Morgan fingerprint density at radius 1 is 1.50 bits per heavy atom. The Balaban J connectivity index is 3.08. The zero-order valence-electron chi connectivity index (χ0n) is 8.56. The van der Waals surface area contributed by atoms with Gasteiger partial charge >= 0.3 is 5.97 Å². The van der Waals surface area contributed by atoms with Crippen LogP contribution in [0.25, 0.3) is 0 Å². The van der Waals surface area contributed by atoms with Gasteiger partial charge in [-0.25, -0.2) is 9.97 Å². The van der Waals surface area contributed by atoms with E-state index in [0.717, 1.165) is 0 Å².